The maximum Gasteiger partial charge on any atom is 0.323 e. The predicted octanol–water partition coefficient (Wildman–Crippen LogP) is 1.10. The van der Waals surface area contributed by atoms with E-state index in [1.54, 1.807) is 0 Å². The van der Waals surface area contributed by atoms with Crippen molar-refractivity contribution >= 4 is 5.97 Å². The van der Waals surface area contributed by atoms with Crippen LogP contribution < -0.4 is 5.32 Å². The Hall–Kier alpha value is -0.610. The van der Waals surface area contributed by atoms with Crippen molar-refractivity contribution in [2.24, 2.45) is 0 Å². The van der Waals surface area contributed by atoms with Crippen molar-refractivity contribution < 1.29 is 14.3 Å². The molecule has 4 heteroatoms. The summed E-state index contributed by atoms with van der Waals surface area (Å²) < 4.78 is 10.4. The van der Waals surface area contributed by atoms with Gasteiger partial charge in [0.15, 0.2) is 0 Å². The number of hydrogen-bond acceptors (Lipinski definition) is 4. The molecule has 1 aliphatic rings. The third-order valence-electron chi connectivity index (χ3n) is 2.37. The highest BCUT2D eigenvalue weighted by molar-refractivity contribution is 5.75. The summed E-state index contributed by atoms with van der Waals surface area (Å²) in [4.78, 5) is 11.5. The number of esters is 1. The van der Waals surface area contributed by atoms with E-state index in [1.807, 2.05) is 13.8 Å². The van der Waals surface area contributed by atoms with Crippen LogP contribution in [0.4, 0.5) is 0 Å². The molecule has 0 radical (unpaired) electrons. The van der Waals surface area contributed by atoms with Crippen molar-refractivity contribution in [3.05, 3.63) is 0 Å². The molecule has 0 spiro atoms. The van der Waals surface area contributed by atoms with Crippen LogP contribution in [0, 0.1) is 0 Å². The molecule has 0 aliphatic carbocycles. The van der Waals surface area contributed by atoms with Crippen LogP contribution in [-0.2, 0) is 14.3 Å². The molecule has 4 nitrogen and oxygen atoms in total. The lowest BCUT2D eigenvalue weighted by atomic mass is 10.1. The second-order valence-electron chi connectivity index (χ2n) is 4.09. The third kappa shape index (κ3) is 5.14. The zero-order chi connectivity index (χ0) is 11.1. The fourth-order valence-electron chi connectivity index (χ4n) is 1.58. The maximum absolute atomic E-state index is 11.5. The van der Waals surface area contributed by atoms with Gasteiger partial charge in [0.25, 0.3) is 0 Å². The van der Waals surface area contributed by atoms with Gasteiger partial charge in [0.2, 0.25) is 0 Å². The molecule has 1 heterocycles. The highest BCUT2D eigenvalue weighted by Gasteiger charge is 2.21. The van der Waals surface area contributed by atoms with Crippen molar-refractivity contribution in [3.8, 4) is 0 Å². The monoisotopic (exact) mass is 215 g/mol. The average Bonchev–Trinajstić information content (AvgIpc) is 2.25. The van der Waals surface area contributed by atoms with E-state index < -0.39 is 0 Å². The van der Waals surface area contributed by atoms with E-state index in [4.69, 9.17) is 9.47 Å². The van der Waals surface area contributed by atoms with E-state index in [0.717, 1.165) is 25.8 Å². The Morgan fingerprint density at radius 3 is 2.80 bits per heavy atom. The van der Waals surface area contributed by atoms with Gasteiger partial charge in [0, 0.05) is 0 Å². The van der Waals surface area contributed by atoms with Crippen LogP contribution in [0.5, 0.6) is 0 Å². The first-order chi connectivity index (χ1) is 7.20. The van der Waals surface area contributed by atoms with Crippen LogP contribution in [0.25, 0.3) is 0 Å². The first kappa shape index (κ1) is 12.5. The summed E-state index contributed by atoms with van der Waals surface area (Å²) in [6.07, 6.45) is 3.34. The zero-order valence-corrected chi connectivity index (χ0v) is 9.62. The molecule has 1 N–H and O–H groups in total. The van der Waals surface area contributed by atoms with E-state index in [0.29, 0.717) is 13.2 Å². The summed E-state index contributed by atoms with van der Waals surface area (Å²) in [5.74, 6) is -0.137. The number of carbonyl (C=O) groups is 1. The Morgan fingerprint density at radius 1 is 1.40 bits per heavy atom. The van der Waals surface area contributed by atoms with Crippen LogP contribution in [0.2, 0.25) is 0 Å². The van der Waals surface area contributed by atoms with Gasteiger partial charge in [-0.2, -0.15) is 0 Å². The van der Waals surface area contributed by atoms with Crippen molar-refractivity contribution in [2.75, 3.05) is 19.8 Å². The molecule has 0 aromatic carbocycles. The van der Waals surface area contributed by atoms with E-state index in [9.17, 15) is 4.79 Å². The van der Waals surface area contributed by atoms with Gasteiger partial charge in [0.05, 0.1) is 12.7 Å². The summed E-state index contributed by atoms with van der Waals surface area (Å²) in [6.45, 7) is 5.68. The zero-order valence-electron chi connectivity index (χ0n) is 9.62. The lowest BCUT2D eigenvalue weighted by molar-refractivity contribution is -0.148. The highest BCUT2D eigenvalue weighted by atomic mass is 16.6. The number of piperidine rings is 1. The molecular weight excluding hydrogens is 194 g/mol. The summed E-state index contributed by atoms with van der Waals surface area (Å²) in [5, 5.41) is 3.15. The van der Waals surface area contributed by atoms with Crippen LogP contribution in [0.1, 0.15) is 33.1 Å². The molecule has 0 aromatic heterocycles. The largest absolute Gasteiger partial charge is 0.462 e. The van der Waals surface area contributed by atoms with Gasteiger partial charge in [-0.3, -0.25) is 4.79 Å². The van der Waals surface area contributed by atoms with Gasteiger partial charge in [-0.05, 0) is 33.2 Å². The topological polar surface area (TPSA) is 47.6 Å². The first-order valence-corrected chi connectivity index (χ1v) is 5.72. The molecule has 15 heavy (non-hydrogen) atoms. The van der Waals surface area contributed by atoms with Crippen LogP contribution in [0.3, 0.4) is 0 Å². The average molecular weight is 215 g/mol. The van der Waals surface area contributed by atoms with E-state index in [2.05, 4.69) is 5.32 Å². The van der Waals surface area contributed by atoms with Gasteiger partial charge in [-0.25, -0.2) is 0 Å². The predicted molar refractivity (Wildman–Crippen MR) is 57.7 cm³/mol. The fourth-order valence-corrected chi connectivity index (χ4v) is 1.58. The summed E-state index contributed by atoms with van der Waals surface area (Å²) in [5.41, 5.74) is 0. The van der Waals surface area contributed by atoms with E-state index in [-0.39, 0.29) is 18.1 Å². The van der Waals surface area contributed by atoms with Gasteiger partial charge in [-0.15, -0.1) is 0 Å². The Kier molecular flexibility index (Phi) is 5.65. The molecule has 0 amide bonds. The smallest absolute Gasteiger partial charge is 0.323 e. The molecule has 88 valence electrons. The molecular formula is C11H21NO3. The summed E-state index contributed by atoms with van der Waals surface area (Å²) in [7, 11) is 0. The minimum Gasteiger partial charge on any atom is -0.462 e. The summed E-state index contributed by atoms with van der Waals surface area (Å²) in [6, 6.07) is -0.0993. The number of nitrogens with one attached hydrogen (secondary N) is 1. The van der Waals surface area contributed by atoms with Gasteiger partial charge < -0.3 is 14.8 Å². The Bertz CT molecular complexity index is 188. The standard InChI is InChI=1S/C11H21NO3/c1-9(2)14-7-8-15-11(13)10-5-3-4-6-12-10/h9-10,12H,3-8H2,1-2H3/t10-/m1/s1. The molecule has 0 bridgehead atoms. The number of carbonyl (C=O) groups excluding carboxylic acids is 1. The molecule has 0 unspecified atom stereocenters. The van der Waals surface area contributed by atoms with Gasteiger partial charge >= 0.3 is 5.97 Å². The van der Waals surface area contributed by atoms with E-state index in [1.165, 1.54) is 0 Å². The minimum atomic E-state index is -0.137. The van der Waals surface area contributed by atoms with Crippen LogP contribution >= 0.6 is 0 Å². The number of hydrogen-bond donors (Lipinski definition) is 1. The van der Waals surface area contributed by atoms with Crippen LogP contribution in [0.15, 0.2) is 0 Å². The normalized spacial score (nSPS) is 21.7. The summed E-state index contributed by atoms with van der Waals surface area (Å²) >= 11 is 0. The quantitative estimate of drug-likeness (QED) is 0.551. The molecule has 1 saturated heterocycles. The lowest BCUT2D eigenvalue weighted by Crippen LogP contribution is -2.41. The third-order valence-corrected chi connectivity index (χ3v) is 2.37. The molecule has 1 atom stereocenters. The Labute approximate surface area is 91.3 Å². The Morgan fingerprint density at radius 2 is 2.20 bits per heavy atom. The second kappa shape index (κ2) is 6.80. The van der Waals surface area contributed by atoms with Crippen molar-refractivity contribution in [1.29, 1.82) is 0 Å². The molecule has 0 saturated carbocycles. The van der Waals surface area contributed by atoms with Gasteiger partial charge in [0.1, 0.15) is 12.6 Å². The van der Waals surface area contributed by atoms with Crippen molar-refractivity contribution in [1.82, 2.24) is 5.32 Å². The highest BCUT2D eigenvalue weighted by Crippen LogP contribution is 2.08. The molecule has 1 rings (SSSR count). The van der Waals surface area contributed by atoms with Crippen molar-refractivity contribution in [2.45, 2.75) is 45.3 Å². The molecule has 1 fully saturated rings. The maximum atomic E-state index is 11.5. The Balaban J connectivity index is 2.07. The second-order valence-corrected chi connectivity index (χ2v) is 4.09. The number of ether oxygens (including phenoxy) is 2. The minimum absolute atomic E-state index is 0.0993. The lowest BCUT2D eigenvalue weighted by Gasteiger charge is -2.21. The van der Waals surface area contributed by atoms with Gasteiger partial charge in [-0.1, -0.05) is 6.42 Å². The van der Waals surface area contributed by atoms with Crippen LogP contribution in [-0.4, -0.2) is 37.9 Å². The number of rotatable bonds is 5. The first-order valence-electron chi connectivity index (χ1n) is 5.72. The molecule has 0 aromatic rings. The van der Waals surface area contributed by atoms with Crippen molar-refractivity contribution in [3.63, 3.8) is 0 Å². The van der Waals surface area contributed by atoms with E-state index >= 15 is 0 Å². The molecule has 1 aliphatic heterocycles. The fraction of sp³-hybridized carbons (Fsp3) is 0.909. The SMILES string of the molecule is CC(C)OCCOC(=O)[C@H]1CCCCN1.